The SMILES string of the molecule is CC1(C)c2ccccc2-c2ccc(N(c3ccc4cc(-c5ccc6c(c5)C5(c7ccccc7-6)c6ccccc6-n6c7ccccc7c7cccc5c76)ccc4c3)c3cccc4c3-c3ccccc3C4(c3ccccc3)c3ccccc3)cc21. The van der Waals surface area contributed by atoms with Crippen LogP contribution in [-0.4, -0.2) is 4.57 Å². The maximum Gasteiger partial charge on any atom is 0.0754 e. The van der Waals surface area contributed by atoms with Crippen LogP contribution >= 0.6 is 0 Å². The molecule has 14 aromatic rings. The van der Waals surface area contributed by atoms with Crippen molar-refractivity contribution in [2.75, 3.05) is 4.90 Å². The summed E-state index contributed by atoms with van der Waals surface area (Å²) in [4.78, 5) is 2.55. The first-order valence-corrected chi connectivity index (χ1v) is 29.2. The van der Waals surface area contributed by atoms with Crippen LogP contribution in [0.3, 0.4) is 0 Å². The molecule has 0 amide bonds. The second kappa shape index (κ2) is 16.9. The Morgan fingerprint density at radius 2 is 0.831 bits per heavy atom. The molecule has 4 aliphatic rings. The Morgan fingerprint density at radius 3 is 1.63 bits per heavy atom. The van der Waals surface area contributed by atoms with Crippen molar-refractivity contribution in [1.29, 1.82) is 0 Å². The van der Waals surface area contributed by atoms with Crippen molar-refractivity contribution in [3.63, 3.8) is 0 Å². The van der Waals surface area contributed by atoms with Gasteiger partial charge in [0, 0.05) is 33.1 Å². The van der Waals surface area contributed by atoms with Crippen LogP contribution in [0.4, 0.5) is 17.1 Å². The molecule has 1 aromatic heterocycles. The molecule has 1 aliphatic heterocycles. The molecule has 1 atom stereocenters. The average molecular weight is 1060 g/mol. The first-order valence-electron chi connectivity index (χ1n) is 29.2. The number of benzene rings is 13. The number of nitrogens with zero attached hydrogens (tertiary/aromatic N) is 2. The van der Waals surface area contributed by atoms with Gasteiger partial charge in [0.1, 0.15) is 0 Å². The van der Waals surface area contributed by atoms with Gasteiger partial charge in [0.15, 0.2) is 0 Å². The molecule has 2 heteroatoms. The summed E-state index contributed by atoms with van der Waals surface area (Å²) >= 11 is 0. The van der Waals surface area contributed by atoms with Gasteiger partial charge in [-0.2, -0.15) is 0 Å². The second-order valence-electron chi connectivity index (χ2n) is 23.8. The van der Waals surface area contributed by atoms with E-state index in [1.165, 1.54) is 138 Å². The first-order chi connectivity index (χ1) is 40.9. The highest BCUT2D eigenvalue weighted by molar-refractivity contribution is 6.13. The number of aromatic nitrogens is 1. The van der Waals surface area contributed by atoms with Crippen LogP contribution in [0, 0.1) is 0 Å². The fourth-order valence-electron chi connectivity index (χ4n) is 16.2. The third-order valence-electron chi connectivity index (χ3n) is 19.6. The predicted octanol–water partition coefficient (Wildman–Crippen LogP) is 20.4. The summed E-state index contributed by atoms with van der Waals surface area (Å²) in [5, 5.41) is 4.96. The lowest BCUT2D eigenvalue weighted by Gasteiger charge is -2.39. The van der Waals surface area contributed by atoms with Gasteiger partial charge in [0.05, 0.1) is 33.2 Å². The topological polar surface area (TPSA) is 8.17 Å². The van der Waals surface area contributed by atoms with E-state index in [4.69, 9.17) is 0 Å². The van der Waals surface area contributed by atoms with Crippen molar-refractivity contribution in [3.8, 4) is 50.2 Å². The molecule has 0 saturated carbocycles. The Balaban J connectivity index is 0.824. The molecular weight excluding hydrogens is 1000 g/mol. The minimum Gasteiger partial charge on any atom is -0.310 e. The van der Waals surface area contributed by atoms with Crippen LogP contribution in [0.5, 0.6) is 0 Å². The highest BCUT2D eigenvalue weighted by atomic mass is 15.1. The molecule has 1 spiro atoms. The van der Waals surface area contributed by atoms with Gasteiger partial charge in [-0.05, 0) is 160 Å². The van der Waals surface area contributed by atoms with Crippen molar-refractivity contribution in [3.05, 3.63) is 347 Å². The van der Waals surface area contributed by atoms with Crippen molar-refractivity contribution in [2.24, 2.45) is 0 Å². The van der Waals surface area contributed by atoms with Crippen molar-refractivity contribution >= 4 is 49.6 Å². The second-order valence-corrected chi connectivity index (χ2v) is 23.8. The van der Waals surface area contributed by atoms with Crippen molar-refractivity contribution in [1.82, 2.24) is 4.57 Å². The molecule has 13 aromatic carbocycles. The molecule has 0 radical (unpaired) electrons. The van der Waals surface area contributed by atoms with Crippen LogP contribution in [0.2, 0.25) is 0 Å². The lowest BCUT2D eigenvalue weighted by atomic mass is 9.65. The molecule has 0 fully saturated rings. The van der Waals surface area contributed by atoms with Gasteiger partial charge in [-0.25, -0.2) is 0 Å². The maximum atomic E-state index is 2.55. The van der Waals surface area contributed by atoms with Gasteiger partial charge in [-0.15, -0.1) is 0 Å². The van der Waals surface area contributed by atoms with E-state index in [1.807, 2.05) is 0 Å². The molecule has 388 valence electrons. The molecular formula is C81H54N2. The van der Waals surface area contributed by atoms with Crippen molar-refractivity contribution in [2.45, 2.75) is 30.1 Å². The Kier molecular flexibility index (Phi) is 9.46. The van der Waals surface area contributed by atoms with E-state index in [0.29, 0.717) is 0 Å². The maximum absolute atomic E-state index is 2.55. The summed E-state index contributed by atoms with van der Waals surface area (Å²) in [6, 6.07) is 110. The monoisotopic (exact) mass is 1050 g/mol. The van der Waals surface area contributed by atoms with E-state index < -0.39 is 10.8 Å². The Labute approximate surface area is 483 Å². The standard InChI is InChI=1S/C81H54N2/c1-79(2)66-30-13-9-25-59(66)61-46-44-58(50-72(61)79)82(76-38-20-34-70-77(76)65-28-11-15-32-68(65)80(70,55-21-5-3-6-22-55)56-23-7-4-8-24-56)57-43-41-52-47-51(39-40-53(52)48-57)54-42-45-62-60-26-10-14-31-67(60)81(73(62)49-54)69-33-16-18-37-75(69)83-74-36-17-12-27-63(74)64-29-19-35-71(81)78(64)83/h3-50H,1-2H3. The Bertz CT molecular complexity index is 5040. The number of fused-ring (bicyclic) bond motifs is 19. The fraction of sp³-hybridized carbons (Fsp3) is 0.0617. The summed E-state index contributed by atoms with van der Waals surface area (Å²) in [5.41, 5.74) is 29.2. The Hall–Kier alpha value is -10.3. The number of anilines is 3. The zero-order valence-electron chi connectivity index (χ0n) is 46.1. The molecule has 18 rings (SSSR count). The predicted molar refractivity (Wildman–Crippen MR) is 344 cm³/mol. The van der Waals surface area contributed by atoms with E-state index in [0.717, 1.165) is 17.1 Å². The van der Waals surface area contributed by atoms with Crippen LogP contribution in [-0.2, 0) is 16.2 Å². The zero-order valence-corrected chi connectivity index (χ0v) is 46.1. The van der Waals surface area contributed by atoms with Gasteiger partial charge < -0.3 is 9.47 Å². The van der Waals surface area contributed by atoms with Crippen LogP contribution in [0.1, 0.15) is 69.5 Å². The van der Waals surface area contributed by atoms with Crippen LogP contribution in [0.25, 0.3) is 82.8 Å². The molecule has 83 heavy (non-hydrogen) atoms. The molecule has 0 bridgehead atoms. The van der Waals surface area contributed by atoms with Gasteiger partial charge in [-0.3, -0.25) is 0 Å². The minimum absolute atomic E-state index is 0.178. The summed E-state index contributed by atoms with van der Waals surface area (Å²) in [6.45, 7) is 4.77. The number of para-hydroxylation sites is 3. The van der Waals surface area contributed by atoms with Crippen molar-refractivity contribution < 1.29 is 0 Å². The number of hydrogen-bond donors (Lipinski definition) is 0. The third kappa shape index (κ3) is 6.02. The Morgan fingerprint density at radius 1 is 0.313 bits per heavy atom. The summed E-state index contributed by atoms with van der Waals surface area (Å²) in [5.74, 6) is 0. The van der Waals surface area contributed by atoms with E-state index in [9.17, 15) is 0 Å². The highest BCUT2D eigenvalue weighted by Gasteiger charge is 2.51. The normalized spacial score (nSPS) is 15.8. The van der Waals surface area contributed by atoms with E-state index in [2.05, 4.69) is 315 Å². The molecule has 2 heterocycles. The van der Waals surface area contributed by atoms with Gasteiger partial charge >= 0.3 is 0 Å². The smallest absolute Gasteiger partial charge is 0.0754 e. The highest BCUT2D eigenvalue weighted by Crippen LogP contribution is 2.63. The van der Waals surface area contributed by atoms with Crippen LogP contribution in [0.15, 0.2) is 291 Å². The number of rotatable bonds is 6. The minimum atomic E-state index is -0.537. The summed E-state index contributed by atoms with van der Waals surface area (Å²) < 4.78 is 2.53. The quantitative estimate of drug-likeness (QED) is 0.161. The molecule has 0 N–H and O–H groups in total. The fourth-order valence-corrected chi connectivity index (χ4v) is 16.2. The largest absolute Gasteiger partial charge is 0.310 e. The zero-order chi connectivity index (χ0) is 54.8. The lowest BCUT2D eigenvalue weighted by Crippen LogP contribution is -2.33. The van der Waals surface area contributed by atoms with Gasteiger partial charge in [0.25, 0.3) is 0 Å². The number of hydrogen-bond acceptors (Lipinski definition) is 1. The lowest BCUT2D eigenvalue weighted by molar-refractivity contribution is 0.660. The average Bonchev–Trinajstić information content (AvgIpc) is 1.85. The third-order valence-corrected chi connectivity index (χ3v) is 19.6. The van der Waals surface area contributed by atoms with E-state index in [1.54, 1.807) is 0 Å². The molecule has 2 nitrogen and oxygen atoms in total. The summed E-state index contributed by atoms with van der Waals surface area (Å²) in [7, 11) is 0. The molecule has 0 saturated heterocycles. The van der Waals surface area contributed by atoms with Crippen LogP contribution < -0.4 is 4.90 Å². The molecule has 3 aliphatic carbocycles. The van der Waals surface area contributed by atoms with Gasteiger partial charge in [0.2, 0.25) is 0 Å². The van der Waals surface area contributed by atoms with E-state index in [-0.39, 0.29) is 5.41 Å². The summed E-state index contributed by atoms with van der Waals surface area (Å²) in [6.07, 6.45) is 0. The molecule has 1 unspecified atom stereocenters. The van der Waals surface area contributed by atoms with E-state index >= 15 is 0 Å². The first kappa shape index (κ1) is 46.5. The van der Waals surface area contributed by atoms with Gasteiger partial charge in [-0.1, -0.05) is 250 Å².